The van der Waals surface area contributed by atoms with Crippen LogP contribution in [0.4, 0.5) is 0 Å². The summed E-state index contributed by atoms with van der Waals surface area (Å²) in [6.07, 6.45) is 6.76. The minimum absolute atomic E-state index is 0.113. The van der Waals surface area contributed by atoms with Crippen molar-refractivity contribution in [3.05, 3.63) is 0 Å². The Morgan fingerprint density at radius 3 is 0.867 bits per heavy atom. The van der Waals surface area contributed by atoms with Gasteiger partial charge in [0.1, 0.15) is 0 Å². The summed E-state index contributed by atoms with van der Waals surface area (Å²) in [5.74, 6) is 0. The molecule has 0 bridgehead atoms. The fraction of sp³-hybridized carbons (Fsp3) is 1.00. The Morgan fingerprint density at radius 1 is 0.533 bits per heavy atom. The van der Waals surface area contributed by atoms with Crippen molar-refractivity contribution < 1.29 is 4.74 Å². The molecule has 0 aliphatic carbocycles. The van der Waals surface area contributed by atoms with Crippen molar-refractivity contribution in [2.45, 2.75) is 91.3 Å². The number of hydrogen-bond acceptors (Lipinski definition) is 1. The van der Waals surface area contributed by atoms with Crippen LogP contribution >= 0.6 is 0 Å². The van der Waals surface area contributed by atoms with Gasteiger partial charge in [-0.1, -0.05) is 41.5 Å². The van der Waals surface area contributed by atoms with Gasteiger partial charge in [-0.15, -0.1) is 0 Å². The van der Waals surface area contributed by atoms with Gasteiger partial charge in [-0.05, 0) is 38.5 Å². The highest BCUT2D eigenvalue weighted by Crippen LogP contribution is 2.35. The molecule has 15 heavy (non-hydrogen) atoms. The molecule has 92 valence electrons. The van der Waals surface area contributed by atoms with Gasteiger partial charge in [-0.2, -0.15) is 0 Å². The minimum atomic E-state index is 0.113. The van der Waals surface area contributed by atoms with Crippen molar-refractivity contribution in [2.75, 3.05) is 0 Å². The number of hydrogen-bond donors (Lipinski definition) is 0. The summed E-state index contributed by atoms with van der Waals surface area (Å²) in [6.45, 7) is 13.5. The van der Waals surface area contributed by atoms with Gasteiger partial charge >= 0.3 is 0 Å². The lowest BCUT2D eigenvalue weighted by molar-refractivity contribution is -0.168. The molecule has 0 rings (SSSR count). The molecule has 1 heteroatoms. The lowest BCUT2D eigenvalue weighted by Gasteiger charge is -2.42. The van der Waals surface area contributed by atoms with Crippen LogP contribution in [-0.2, 0) is 4.74 Å². The van der Waals surface area contributed by atoms with Gasteiger partial charge in [0.2, 0.25) is 0 Å². The second-order valence-electron chi connectivity index (χ2n) is 4.59. The smallest absolute Gasteiger partial charge is 0.0682 e. The van der Waals surface area contributed by atoms with E-state index in [-0.39, 0.29) is 11.2 Å². The van der Waals surface area contributed by atoms with Crippen LogP contribution in [0.2, 0.25) is 0 Å². The second-order valence-corrected chi connectivity index (χ2v) is 4.59. The molecule has 0 amide bonds. The highest BCUT2D eigenvalue weighted by Gasteiger charge is 2.35. The summed E-state index contributed by atoms with van der Waals surface area (Å²) in [4.78, 5) is 0. The molecular formula is C14H30O. The molecule has 0 unspecified atom stereocenters. The topological polar surface area (TPSA) is 9.23 Å². The fourth-order valence-corrected chi connectivity index (χ4v) is 2.39. The van der Waals surface area contributed by atoms with Crippen LogP contribution in [0.5, 0.6) is 0 Å². The monoisotopic (exact) mass is 214 g/mol. The van der Waals surface area contributed by atoms with E-state index >= 15 is 0 Å². The minimum Gasteiger partial charge on any atom is -0.369 e. The van der Waals surface area contributed by atoms with Crippen LogP contribution < -0.4 is 0 Å². The molecule has 0 aromatic heterocycles. The maximum Gasteiger partial charge on any atom is 0.0682 e. The average molecular weight is 214 g/mol. The van der Waals surface area contributed by atoms with E-state index in [1.54, 1.807) is 0 Å². The Hall–Kier alpha value is -0.0400. The summed E-state index contributed by atoms with van der Waals surface area (Å²) in [7, 11) is 0. The molecular weight excluding hydrogens is 184 g/mol. The van der Waals surface area contributed by atoms with Crippen molar-refractivity contribution in [3.8, 4) is 0 Å². The molecule has 0 heterocycles. The summed E-state index contributed by atoms with van der Waals surface area (Å²) in [6, 6.07) is 0. The van der Waals surface area contributed by atoms with E-state index in [1.165, 1.54) is 0 Å². The second kappa shape index (κ2) is 6.52. The van der Waals surface area contributed by atoms with Gasteiger partial charge in [-0.25, -0.2) is 0 Å². The zero-order valence-corrected chi connectivity index (χ0v) is 11.7. The Morgan fingerprint density at radius 2 is 0.733 bits per heavy atom. The quantitative estimate of drug-likeness (QED) is 0.556. The van der Waals surface area contributed by atoms with Crippen LogP contribution in [0, 0.1) is 0 Å². The molecule has 0 aliphatic rings. The van der Waals surface area contributed by atoms with E-state index in [1.807, 2.05) is 0 Å². The SMILES string of the molecule is CCC(CC)(CC)OC(CC)(CC)CC. The molecule has 0 aromatic carbocycles. The zero-order valence-electron chi connectivity index (χ0n) is 11.7. The third-order valence-corrected chi connectivity index (χ3v) is 4.30. The van der Waals surface area contributed by atoms with Crippen molar-refractivity contribution >= 4 is 0 Å². The first kappa shape index (κ1) is 15.0. The van der Waals surface area contributed by atoms with Crippen LogP contribution in [0.25, 0.3) is 0 Å². The highest BCUT2D eigenvalue weighted by molar-refractivity contribution is 4.85. The summed E-state index contributed by atoms with van der Waals surface area (Å²) in [5.41, 5.74) is 0.226. The first-order valence-electron chi connectivity index (χ1n) is 6.77. The first-order valence-corrected chi connectivity index (χ1v) is 6.77. The van der Waals surface area contributed by atoms with Crippen molar-refractivity contribution in [1.29, 1.82) is 0 Å². The third-order valence-electron chi connectivity index (χ3n) is 4.30. The standard InChI is InChI=1S/C14H30O/c1-7-13(8-2,9-3)15-14(10-4,11-5)12-6/h7-12H2,1-6H3. The van der Waals surface area contributed by atoms with Crippen molar-refractivity contribution in [3.63, 3.8) is 0 Å². The molecule has 0 saturated carbocycles. The van der Waals surface area contributed by atoms with Gasteiger partial charge in [0.05, 0.1) is 11.2 Å². The number of rotatable bonds is 8. The molecule has 0 spiro atoms. The number of ether oxygens (including phenoxy) is 1. The lowest BCUT2D eigenvalue weighted by atomic mass is 9.88. The largest absolute Gasteiger partial charge is 0.369 e. The summed E-state index contributed by atoms with van der Waals surface area (Å²) >= 11 is 0. The summed E-state index contributed by atoms with van der Waals surface area (Å²) < 4.78 is 6.52. The van der Waals surface area contributed by atoms with Crippen LogP contribution in [0.1, 0.15) is 80.1 Å². The van der Waals surface area contributed by atoms with E-state index in [9.17, 15) is 0 Å². The van der Waals surface area contributed by atoms with E-state index in [0.29, 0.717) is 0 Å². The van der Waals surface area contributed by atoms with Gasteiger partial charge in [0.15, 0.2) is 0 Å². The average Bonchev–Trinajstić information content (AvgIpc) is 2.33. The van der Waals surface area contributed by atoms with E-state index in [0.717, 1.165) is 38.5 Å². The maximum absolute atomic E-state index is 6.52. The van der Waals surface area contributed by atoms with Gasteiger partial charge < -0.3 is 4.74 Å². The fourth-order valence-electron chi connectivity index (χ4n) is 2.39. The van der Waals surface area contributed by atoms with Gasteiger partial charge in [-0.3, -0.25) is 0 Å². The lowest BCUT2D eigenvalue weighted by Crippen LogP contribution is -2.43. The van der Waals surface area contributed by atoms with Crippen LogP contribution in [0.3, 0.4) is 0 Å². The molecule has 0 N–H and O–H groups in total. The zero-order chi connectivity index (χ0) is 11.9. The predicted octanol–water partition coefficient (Wildman–Crippen LogP) is 4.94. The molecule has 0 fully saturated rings. The molecule has 0 saturated heterocycles. The predicted molar refractivity (Wildman–Crippen MR) is 68.3 cm³/mol. The molecule has 0 radical (unpaired) electrons. The van der Waals surface area contributed by atoms with E-state index < -0.39 is 0 Å². The summed E-state index contributed by atoms with van der Waals surface area (Å²) in [5, 5.41) is 0. The maximum atomic E-state index is 6.52. The molecule has 0 aliphatic heterocycles. The van der Waals surface area contributed by atoms with Crippen molar-refractivity contribution in [2.24, 2.45) is 0 Å². The Balaban J connectivity index is 4.74. The van der Waals surface area contributed by atoms with Crippen molar-refractivity contribution in [1.82, 2.24) is 0 Å². The Labute approximate surface area is 96.6 Å². The first-order chi connectivity index (χ1) is 7.07. The van der Waals surface area contributed by atoms with Crippen LogP contribution in [-0.4, -0.2) is 11.2 Å². The molecule has 1 nitrogen and oxygen atoms in total. The highest BCUT2D eigenvalue weighted by atomic mass is 16.5. The van der Waals surface area contributed by atoms with Crippen LogP contribution in [0.15, 0.2) is 0 Å². The van der Waals surface area contributed by atoms with Gasteiger partial charge in [0.25, 0.3) is 0 Å². The third kappa shape index (κ3) is 3.48. The normalized spacial score (nSPS) is 13.2. The van der Waals surface area contributed by atoms with E-state index in [2.05, 4.69) is 41.5 Å². The van der Waals surface area contributed by atoms with Gasteiger partial charge in [0, 0.05) is 0 Å². The van der Waals surface area contributed by atoms with E-state index in [4.69, 9.17) is 4.74 Å². The molecule has 0 atom stereocenters. The molecule has 0 aromatic rings. The Bertz CT molecular complexity index is 120. The Kier molecular flexibility index (Phi) is 6.51.